The lowest BCUT2D eigenvalue weighted by Crippen LogP contribution is -2.38. The Morgan fingerprint density at radius 2 is 1.85 bits per heavy atom. The van der Waals surface area contributed by atoms with E-state index in [-0.39, 0.29) is 5.82 Å². The Morgan fingerprint density at radius 3 is 2.45 bits per heavy atom. The van der Waals surface area contributed by atoms with Crippen LogP contribution in [0.3, 0.4) is 0 Å². The predicted octanol–water partition coefficient (Wildman–Crippen LogP) is 4.95. The van der Waals surface area contributed by atoms with E-state index in [2.05, 4.69) is 26.1 Å². The molecule has 0 aliphatic carbocycles. The fourth-order valence-corrected chi connectivity index (χ4v) is 2.79. The molecule has 1 aromatic carbocycles. The second-order valence-corrected chi connectivity index (χ2v) is 5.67. The first-order valence-corrected chi connectivity index (χ1v) is 8.19. The van der Waals surface area contributed by atoms with Gasteiger partial charge in [-0.3, -0.25) is 0 Å². The van der Waals surface area contributed by atoms with E-state index in [4.69, 9.17) is 0 Å². The van der Waals surface area contributed by atoms with E-state index in [9.17, 15) is 4.39 Å². The first-order valence-electron chi connectivity index (χ1n) is 8.19. The molecular formula is C18H30FN. The van der Waals surface area contributed by atoms with Gasteiger partial charge in [0.1, 0.15) is 5.82 Å². The molecule has 0 spiro atoms. The van der Waals surface area contributed by atoms with Crippen LogP contribution in [0.1, 0.15) is 58.4 Å². The van der Waals surface area contributed by atoms with Crippen molar-refractivity contribution >= 4 is 0 Å². The maximum Gasteiger partial charge on any atom is 0.126 e. The van der Waals surface area contributed by atoms with Crippen LogP contribution in [0.2, 0.25) is 0 Å². The summed E-state index contributed by atoms with van der Waals surface area (Å²) in [6.07, 6.45) is 6.82. The molecule has 0 saturated heterocycles. The second kappa shape index (κ2) is 9.93. The molecular weight excluding hydrogens is 249 g/mol. The van der Waals surface area contributed by atoms with Crippen molar-refractivity contribution in [1.29, 1.82) is 0 Å². The van der Waals surface area contributed by atoms with Gasteiger partial charge in [-0.25, -0.2) is 4.39 Å². The van der Waals surface area contributed by atoms with Gasteiger partial charge in [0, 0.05) is 6.04 Å². The normalized spacial score (nSPS) is 14.2. The molecule has 0 aliphatic rings. The van der Waals surface area contributed by atoms with E-state index in [1.165, 1.54) is 19.3 Å². The number of rotatable bonds is 10. The molecule has 0 radical (unpaired) electrons. The van der Waals surface area contributed by atoms with Gasteiger partial charge in [0.05, 0.1) is 0 Å². The van der Waals surface area contributed by atoms with Crippen LogP contribution in [0.5, 0.6) is 0 Å². The summed E-state index contributed by atoms with van der Waals surface area (Å²) in [4.78, 5) is 0. The third-order valence-electron chi connectivity index (χ3n) is 4.08. The number of halogens is 1. The molecule has 0 aromatic heterocycles. The molecule has 2 atom stereocenters. The van der Waals surface area contributed by atoms with Crippen LogP contribution in [0.15, 0.2) is 24.3 Å². The van der Waals surface area contributed by atoms with Crippen molar-refractivity contribution in [2.45, 2.75) is 65.3 Å². The van der Waals surface area contributed by atoms with Gasteiger partial charge in [-0.05, 0) is 43.4 Å². The minimum atomic E-state index is -0.0684. The maximum atomic E-state index is 13.9. The van der Waals surface area contributed by atoms with Gasteiger partial charge in [0.25, 0.3) is 0 Å². The SMILES string of the molecule is CCCCC(CC)C(Cc1ccccc1F)NCCC. The maximum absolute atomic E-state index is 13.9. The van der Waals surface area contributed by atoms with E-state index < -0.39 is 0 Å². The molecule has 0 aliphatic heterocycles. The zero-order chi connectivity index (χ0) is 14.8. The minimum absolute atomic E-state index is 0.0684. The summed E-state index contributed by atoms with van der Waals surface area (Å²) in [5, 5.41) is 3.64. The van der Waals surface area contributed by atoms with Crippen molar-refractivity contribution in [3.63, 3.8) is 0 Å². The van der Waals surface area contributed by atoms with E-state index in [0.29, 0.717) is 12.0 Å². The lowest BCUT2D eigenvalue weighted by molar-refractivity contribution is 0.313. The lowest BCUT2D eigenvalue weighted by Gasteiger charge is -2.28. The largest absolute Gasteiger partial charge is 0.313 e. The average molecular weight is 279 g/mol. The fraction of sp³-hybridized carbons (Fsp3) is 0.667. The van der Waals surface area contributed by atoms with E-state index in [1.54, 1.807) is 12.1 Å². The van der Waals surface area contributed by atoms with Crippen LogP contribution < -0.4 is 5.32 Å². The molecule has 114 valence electrons. The highest BCUT2D eigenvalue weighted by molar-refractivity contribution is 5.18. The summed E-state index contributed by atoms with van der Waals surface area (Å²) in [5.41, 5.74) is 0.844. The molecule has 0 amide bonds. The number of hydrogen-bond acceptors (Lipinski definition) is 1. The van der Waals surface area contributed by atoms with E-state index >= 15 is 0 Å². The summed E-state index contributed by atoms with van der Waals surface area (Å²) in [6, 6.07) is 7.58. The van der Waals surface area contributed by atoms with E-state index in [1.807, 2.05) is 12.1 Å². The van der Waals surface area contributed by atoms with Crippen molar-refractivity contribution in [1.82, 2.24) is 5.32 Å². The van der Waals surface area contributed by atoms with Gasteiger partial charge in [-0.2, -0.15) is 0 Å². The van der Waals surface area contributed by atoms with Crippen LogP contribution in [0, 0.1) is 11.7 Å². The predicted molar refractivity (Wildman–Crippen MR) is 85.5 cm³/mol. The molecule has 1 N–H and O–H groups in total. The number of hydrogen-bond donors (Lipinski definition) is 1. The Balaban J connectivity index is 2.74. The van der Waals surface area contributed by atoms with E-state index in [0.717, 1.165) is 31.4 Å². The smallest absolute Gasteiger partial charge is 0.126 e. The Hall–Kier alpha value is -0.890. The van der Waals surface area contributed by atoms with Crippen molar-refractivity contribution in [2.24, 2.45) is 5.92 Å². The van der Waals surface area contributed by atoms with Crippen LogP contribution in [0.25, 0.3) is 0 Å². The van der Waals surface area contributed by atoms with Crippen LogP contribution in [0.4, 0.5) is 4.39 Å². The molecule has 0 bridgehead atoms. The van der Waals surface area contributed by atoms with Gasteiger partial charge in [0.15, 0.2) is 0 Å². The molecule has 0 fully saturated rings. The summed E-state index contributed by atoms with van der Waals surface area (Å²) in [6.45, 7) is 7.68. The zero-order valence-corrected chi connectivity index (χ0v) is 13.3. The van der Waals surface area contributed by atoms with Crippen molar-refractivity contribution in [3.05, 3.63) is 35.6 Å². The number of nitrogens with one attached hydrogen (secondary N) is 1. The Kier molecular flexibility index (Phi) is 8.52. The molecule has 2 unspecified atom stereocenters. The highest BCUT2D eigenvalue weighted by atomic mass is 19.1. The quantitative estimate of drug-likeness (QED) is 0.639. The molecule has 1 nitrogen and oxygen atoms in total. The zero-order valence-electron chi connectivity index (χ0n) is 13.3. The topological polar surface area (TPSA) is 12.0 Å². The Bertz CT molecular complexity index is 364. The molecule has 0 saturated carbocycles. The Morgan fingerprint density at radius 1 is 1.10 bits per heavy atom. The first kappa shape index (κ1) is 17.2. The summed E-state index contributed by atoms with van der Waals surface area (Å²) in [7, 11) is 0. The monoisotopic (exact) mass is 279 g/mol. The van der Waals surface area contributed by atoms with Crippen molar-refractivity contribution < 1.29 is 4.39 Å². The number of benzene rings is 1. The van der Waals surface area contributed by atoms with Gasteiger partial charge in [0.2, 0.25) is 0 Å². The van der Waals surface area contributed by atoms with Gasteiger partial charge < -0.3 is 5.32 Å². The van der Waals surface area contributed by atoms with Crippen molar-refractivity contribution in [3.8, 4) is 0 Å². The summed E-state index contributed by atoms with van der Waals surface area (Å²) in [5.74, 6) is 0.572. The minimum Gasteiger partial charge on any atom is -0.313 e. The van der Waals surface area contributed by atoms with Crippen molar-refractivity contribution in [2.75, 3.05) is 6.54 Å². The van der Waals surface area contributed by atoms with Gasteiger partial charge in [-0.1, -0.05) is 58.2 Å². The third kappa shape index (κ3) is 5.62. The second-order valence-electron chi connectivity index (χ2n) is 5.67. The lowest BCUT2D eigenvalue weighted by atomic mass is 9.87. The van der Waals surface area contributed by atoms with Crippen LogP contribution in [-0.2, 0) is 6.42 Å². The highest BCUT2D eigenvalue weighted by Gasteiger charge is 2.20. The Labute approximate surface area is 124 Å². The molecule has 2 heteroatoms. The van der Waals surface area contributed by atoms with Gasteiger partial charge >= 0.3 is 0 Å². The molecule has 0 heterocycles. The molecule has 1 rings (SSSR count). The summed E-state index contributed by atoms with van der Waals surface area (Å²) < 4.78 is 13.9. The highest BCUT2D eigenvalue weighted by Crippen LogP contribution is 2.21. The van der Waals surface area contributed by atoms with Crippen LogP contribution >= 0.6 is 0 Å². The van der Waals surface area contributed by atoms with Crippen LogP contribution in [-0.4, -0.2) is 12.6 Å². The molecule has 1 aromatic rings. The fourth-order valence-electron chi connectivity index (χ4n) is 2.79. The number of unbranched alkanes of at least 4 members (excludes halogenated alkanes) is 1. The van der Waals surface area contributed by atoms with Gasteiger partial charge in [-0.15, -0.1) is 0 Å². The summed E-state index contributed by atoms with van der Waals surface area (Å²) >= 11 is 0. The standard InChI is InChI=1S/C18H30FN/c1-4-7-10-15(6-3)18(20-13-5-2)14-16-11-8-9-12-17(16)19/h8-9,11-12,15,18,20H,4-7,10,13-14H2,1-3H3. The first-order chi connectivity index (χ1) is 9.72. The third-order valence-corrected chi connectivity index (χ3v) is 4.08. The molecule has 20 heavy (non-hydrogen) atoms. The average Bonchev–Trinajstić information content (AvgIpc) is 2.47.